The molecule has 0 radical (unpaired) electrons. The van der Waals surface area contributed by atoms with Crippen LogP contribution in [0, 0.1) is 0 Å². The lowest BCUT2D eigenvalue weighted by atomic mass is 10.2. The van der Waals surface area contributed by atoms with Gasteiger partial charge in [0.15, 0.2) is 0 Å². The lowest BCUT2D eigenvalue weighted by Crippen LogP contribution is -2.50. The maximum absolute atomic E-state index is 11.8. The molecule has 0 unspecified atom stereocenters. The first kappa shape index (κ1) is 16.1. The fourth-order valence-corrected chi connectivity index (χ4v) is 1.94. The van der Waals surface area contributed by atoms with Gasteiger partial charge in [0.05, 0.1) is 0 Å². The van der Waals surface area contributed by atoms with E-state index in [1.54, 1.807) is 16.7 Å². The van der Waals surface area contributed by atoms with Crippen molar-refractivity contribution in [1.82, 2.24) is 10.2 Å². The Kier molecular flexibility index (Phi) is 7.78. The number of nitrogens with one attached hydrogen (secondary N) is 1. The van der Waals surface area contributed by atoms with Gasteiger partial charge >= 0.3 is 12.0 Å². The van der Waals surface area contributed by atoms with Crippen LogP contribution < -0.4 is 5.32 Å². The molecular formula is C11H22N2O3S. The Hall–Kier alpha value is -0.910. The van der Waals surface area contributed by atoms with Crippen molar-refractivity contribution < 1.29 is 14.7 Å². The van der Waals surface area contributed by atoms with Crippen molar-refractivity contribution in [3.05, 3.63) is 0 Å². The van der Waals surface area contributed by atoms with Gasteiger partial charge in [-0.25, -0.2) is 9.59 Å². The summed E-state index contributed by atoms with van der Waals surface area (Å²) in [6.45, 7) is 6.25. The third kappa shape index (κ3) is 5.81. The van der Waals surface area contributed by atoms with Crippen LogP contribution in [-0.2, 0) is 4.79 Å². The quantitative estimate of drug-likeness (QED) is 0.731. The number of thioether (sulfide) groups is 1. The van der Waals surface area contributed by atoms with Crippen molar-refractivity contribution in [3.63, 3.8) is 0 Å². The van der Waals surface area contributed by atoms with E-state index in [9.17, 15) is 9.59 Å². The van der Waals surface area contributed by atoms with Gasteiger partial charge in [0.25, 0.3) is 0 Å². The minimum absolute atomic E-state index is 0.0648. The lowest BCUT2D eigenvalue weighted by Gasteiger charge is -2.27. The topological polar surface area (TPSA) is 69.6 Å². The number of amides is 2. The van der Waals surface area contributed by atoms with Crippen LogP contribution in [0.25, 0.3) is 0 Å². The molecule has 100 valence electrons. The maximum atomic E-state index is 11.8. The molecule has 17 heavy (non-hydrogen) atoms. The summed E-state index contributed by atoms with van der Waals surface area (Å²) in [6, 6.07) is -1.05. The average molecular weight is 262 g/mol. The first-order valence-electron chi connectivity index (χ1n) is 5.72. The van der Waals surface area contributed by atoms with Crippen molar-refractivity contribution in [2.45, 2.75) is 39.3 Å². The Morgan fingerprint density at radius 1 is 1.41 bits per heavy atom. The zero-order valence-corrected chi connectivity index (χ0v) is 11.7. The first-order valence-corrected chi connectivity index (χ1v) is 7.12. The minimum atomic E-state index is -0.979. The summed E-state index contributed by atoms with van der Waals surface area (Å²) in [5.41, 5.74) is 0. The monoisotopic (exact) mass is 262 g/mol. The van der Waals surface area contributed by atoms with Gasteiger partial charge in [0.1, 0.15) is 6.04 Å². The van der Waals surface area contributed by atoms with Gasteiger partial charge in [-0.15, -0.1) is 0 Å². The SMILES string of the molecule is CCN(C(=O)N[C@@H](CCSC)C(=O)O)C(C)C. The van der Waals surface area contributed by atoms with Crippen LogP contribution in [0.4, 0.5) is 4.79 Å². The number of aliphatic carboxylic acids is 1. The van der Waals surface area contributed by atoms with E-state index in [1.807, 2.05) is 27.0 Å². The van der Waals surface area contributed by atoms with Crippen LogP contribution in [0.3, 0.4) is 0 Å². The van der Waals surface area contributed by atoms with Gasteiger partial charge < -0.3 is 15.3 Å². The Morgan fingerprint density at radius 2 is 2.00 bits per heavy atom. The molecule has 0 fully saturated rings. The number of carbonyl (C=O) groups is 2. The van der Waals surface area contributed by atoms with Gasteiger partial charge in [-0.2, -0.15) is 11.8 Å². The predicted octanol–water partition coefficient (Wildman–Crippen LogP) is 1.63. The largest absolute Gasteiger partial charge is 0.480 e. The highest BCUT2D eigenvalue weighted by molar-refractivity contribution is 7.98. The third-order valence-corrected chi connectivity index (χ3v) is 3.08. The van der Waals surface area contributed by atoms with E-state index in [0.29, 0.717) is 18.7 Å². The molecule has 0 aliphatic carbocycles. The number of hydrogen-bond donors (Lipinski definition) is 2. The summed E-state index contributed by atoms with van der Waals surface area (Å²) in [4.78, 5) is 24.4. The summed E-state index contributed by atoms with van der Waals surface area (Å²) in [6.07, 6.45) is 2.35. The minimum Gasteiger partial charge on any atom is -0.480 e. The summed E-state index contributed by atoms with van der Waals surface area (Å²) >= 11 is 1.57. The highest BCUT2D eigenvalue weighted by atomic mass is 32.2. The molecule has 0 aliphatic heterocycles. The molecule has 6 heteroatoms. The number of nitrogens with zero attached hydrogens (tertiary/aromatic N) is 1. The third-order valence-electron chi connectivity index (χ3n) is 2.43. The van der Waals surface area contributed by atoms with E-state index in [2.05, 4.69) is 5.32 Å². The molecule has 0 spiro atoms. The average Bonchev–Trinajstić information content (AvgIpc) is 2.24. The van der Waals surface area contributed by atoms with E-state index in [4.69, 9.17) is 5.11 Å². The fraction of sp³-hybridized carbons (Fsp3) is 0.818. The Bertz CT molecular complexity index is 259. The van der Waals surface area contributed by atoms with Crippen molar-refractivity contribution in [1.29, 1.82) is 0 Å². The number of urea groups is 1. The number of carboxylic acid groups (broad SMARTS) is 1. The summed E-state index contributed by atoms with van der Waals surface area (Å²) in [7, 11) is 0. The van der Waals surface area contributed by atoms with E-state index in [-0.39, 0.29) is 12.1 Å². The Labute approximate surface area is 107 Å². The van der Waals surface area contributed by atoms with Crippen LogP contribution in [0.2, 0.25) is 0 Å². The molecule has 2 amide bonds. The number of hydrogen-bond acceptors (Lipinski definition) is 3. The summed E-state index contributed by atoms with van der Waals surface area (Å²) in [5, 5.41) is 11.6. The highest BCUT2D eigenvalue weighted by Crippen LogP contribution is 2.04. The maximum Gasteiger partial charge on any atom is 0.326 e. The van der Waals surface area contributed by atoms with Gasteiger partial charge in [-0.05, 0) is 39.2 Å². The van der Waals surface area contributed by atoms with Crippen molar-refractivity contribution in [2.75, 3.05) is 18.6 Å². The van der Waals surface area contributed by atoms with Crippen LogP contribution in [0.15, 0.2) is 0 Å². The molecule has 2 N–H and O–H groups in total. The second kappa shape index (κ2) is 8.22. The molecule has 0 aromatic heterocycles. The van der Waals surface area contributed by atoms with Crippen LogP contribution >= 0.6 is 11.8 Å². The highest BCUT2D eigenvalue weighted by Gasteiger charge is 2.23. The van der Waals surface area contributed by atoms with E-state index in [1.165, 1.54) is 0 Å². The van der Waals surface area contributed by atoms with Gasteiger partial charge in [-0.1, -0.05) is 0 Å². The van der Waals surface area contributed by atoms with Crippen LogP contribution in [0.1, 0.15) is 27.2 Å². The second-order valence-electron chi connectivity index (χ2n) is 4.00. The van der Waals surface area contributed by atoms with Gasteiger partial charge in [-0.3, -0.25) is 0 Å². The fourth-order valence-electron chi connectivity index (χ4n) is 1.47. The Balaban J connectivity index is 4.43. The number of rotatable bonds is 7. The standard InChI is InChI=1S/C11H22N2O3S/c1-5-13(8(2)3)11(16)12-9(10(14)15)6-7-17-4/h8-9H,5-7H2,1-4H3,(H,12,16)(H,14,15)/t9-/m0/s1. The number of carbonyl (C=O) groups excluding carboxylic acids is 1. The van der Waals surface area contributed by atoms with Crippen molar-refractivity contribution in [3.8, 4) is 0 Å². The molecule has 5 nitrogen and oxygen atoms in total. The molecule has 0 rings (SSSR count). The van der Waals surface area contributed by atoms with Crippen molar-refractivity contribution >= 4 is 23.8 Å². The smallest absolute Gasteiger partial charge is 0.326 e. The molecule has 1 atom stereocenters. The van der Waals surface area contributed by atoms with E-state index < -0.39 is 12.0 Å². The molecule has 0 saturated carbocycles. The van der Waals surface area contributed by atoms with E-state index in [0.717, 1.165) is 0 Å². The first-order chi connectivity index (χ1) is 7.93. The van der Waals surface area contributed by atoms with Gasteiger partial charge in [0.2, 0.25) is 0 Å². The Morgan fingerprint density at radius 3 is 2.35 bits per heavy atom. The molecule has 0 heterocycles. The normalized spacial score (nSPS) is 12.3. The molecule has 0 aromatic rings. The van der Waals surface area contributed by atoms with Crippen molar-refractivity contribution in [2.24, 2.45) is 0 Å². The second-order valence-corrected chi connectivity index (χ2v) is 4.99. The molecule has 0 aliphatic rings. The van der Waals surface area contributed by atoms with Crippen LogP contribution in [-0.4, -0.2) is 52.6 Å². The van der Waals surface area contributed by atoms with Gasteiger partial charge in [0, 0.05) is 12.6 Å². The lowest BCUT2D eigenvalue weighted by molar-refractivity contribution is -0.139. The summed E-state index contributed by atoms with van der Waals surface area (Å²) in [5.74, 6) is -0.266. The number of carboxylic acids is 1. The van der Waals surface area contributed by atoms with E-state index >= 15 is 0 Å². The molecular weight excluding hydrogens is 240 g/mol. The predicted molar refractivity (Wildman–Crippen MR) is 70.5 cm³/mol. The molecule has 0 saturated heterocycles. The van der Waals surface area contributed by atoms with Crippen LogP contribution in [0.5, 0.6) is 0 Å². The summed E-state index contributed by atoms with van der Waals surface area (Å²) < 4.78 is 0. The zero-order chi connectivity index (χ0) is 13.4. The molecule has 0 aromatic carbocycles. The zero-order valence-electron chi connectivity index (χ0n) is 10.9. The molecule has 0 bridgehead atoms.